The molecule has 3 rings (SSSR count). The molecule has 1 atom stereocenters. The lowest BCUT2D eigenvalue weighted by Gasteiger charge is -2.19. The van der Waals surface area contributed by atoms with Gasteiger partial charge in [-0.05, 0) is 36.1 Å². The average molecular weight is 344 g/mol. The van der Waals surface area contributed by atoms with Crippen LogP contribution >= 0.6 is 11.6 Å². The Labute approximate surface area is 145 Å². The number of halogens is 1. The molecule has 0 aliphatic heterocycles. The van der Waals surface area contributed by atoms with E-state index in [0.29, 0.717) is 10.6 Å². The van der Waals surface area contributed by atoms with Gasteiger partial charge in [-0.1, -0.05) is 54.1 Å². The largest absolute Gasteiger partial charge is 0.481 e. The molecule has 1 aliphatic carbocycles. The standard InChI is InChI=1S/C19H18ClNO3/c20-15-8-4-7-14(11-15)19(9-10-19)18(24)21-12-16(17(22)23)13-5-2-1-3-6-13/h1-8,11,16H,9-10,12H2,(H,21,24)(H,22,23). The highest BCUT2D eigenvalue weighted by Crippen LogP contribution is 2.48. The number of carbonyl (C=O) groups is 2. The molecule has 24 heavy (non-hydrogen) atoms. The van der Waals surface area contributed by atoms with Crippen molar-refractivity contribution in [1.29, 1.82) is 0 Å². The zero-order valence-electron chi connectivity index (χ0n) is 13.0. The van der Waals surface area contributed by atoms with Crippen LogP contribution in [-0.4, -0.2) is 23.5 Å². The molecular weight excluding hydrogens is 326 g/mol. The van der Waals surface area contributed by atoms with Crippen LogP contribution in [0.3, 0.4) is 0 Å². The number of hydrogen-bond donors (Lipinski definition) is 2. The molecule has 0 heterocycles. The van der Waals surface area contributed by atoms with Crippen molar-refractivity contribution in [3.8, 4) is 0 Å². The molecular formula is C19H18ClNO3. The quantitative estimate of drug-likeness (QED) is 0.845. The van der Waals surface area contributed by atoms with Crippen LogP contribution in [0, 0.1) is 0 Å². The van der Waals surface area contributed by atoms with Crippen LogP contribution in [0.5, 0.6) is 0 Å². The Bertz CT molecular complexity index is 756. The molecule has 0 saturated heterocycles. The lowest BCUT2D eigenvalue weighted by atomic mass is 9.94. The van der Waals surface area contributed by atoms with E-state index in [9.17, 15) is 14.7 Å². The highest BCUT2D eigenvalue weighted by molar-refractivity contribution is 6.30. The minimum atomic E-state index is -0.950. The smallest absolute Gasteiger partial charge is 0.312 e. The van der Waals surface area contributed by atoms with E-state index in [4.69, 9.17) is 11.6 Å². The van der Waals surface area contributed by atoms with Crippen molar-refractivity contribution in [2.24, 2.45) is 0 Å². The lowest BCUT2D eigenvalue weighted by molar-refractivity contribution is -0.138. The summed E-state index contributed by atoms with van der Waals surface area (Å²) in [6.45, 7) is 0.0699. The van der Waals surface area contributed by atoms with Gasteiger partial charge in [0.15, 0.2) is 0 Å². The first-order valence-electron chi connectivity index (χ1n) is 7.85. The monoisotopic (exact) mass is 343 g/mol. The average Bonchev–Trinajstić information content (AvgIpc) is 3.37. The summed E-state index contributed by atoms with van der Waals surface area (Å²) >= 11 is 6.02. The highest BCUT2D eigenvalue weighted by Gasteiger charge is 2.51. The number of carbonyl (C=O) groups excluding carboxylic acids is 1. The molecule has 4 nitrogen and oxygen atoms in total. The van der Waals surface area contributed by atoms with Gasteiger partial charge in [-0.2, -0.15) is 0 Å². The maximum absolute atomic E-state index is 12.7. The van der Waals surface area contributed by atoms with Gasteiger partial charge in [0.1, 0.15) is 0 Å². The van der Waals surface area contributed by atoms with Gasteiger partial charge in [-0.25, -0.2) is 0 Å². The molecule has 1 amide bonds. The number of hydrogen-bond acceptors (Lipinski definition) is 2. The molecule has 1 fully saturated rings. The third-order valence-electron chi connectivity index (χ3n) is 4.53. The fourth-order valence-corrected chi connectivity index (χ4v) is 3.15. The van der Waals surface area contributed by atoms with Crippen molar-refractivity contribution in [2.75, 3.05) is 6.54 Å². The van der Waals surface area contributed by atoms with Gasteiger partial charge < -0.3 is 10.4 Å². The predicted molar refractivity (Wildman–Crippen MR) is 92.2 cm³/mol. The van der Waals surface area contributed by atoms with E-state index >= 15 is 0 Å². The summed E-state index contributed by atoms with van der Waals surface area (Å²) in [5.41, 5.74) is 1.00. The zero-order chi connectivity index (χ0) is 17.2. The molecule has 0 bridgehead atoms. The Kier molecular flexibility index (Phi) is 4.58. The van der Waals surface area contributed by atoms with Gasteiger partial charge in [0.2, 0.25) is 5.91 Å². The number of carboxylic acids is 1. The SMILES string of the molecule is O=C(O)C(CNC(=O)C1(c2cccc(Cl)c2)CC1)c1ccccc1. The molecule has 2 N–H and O–H groups in total. The van der Waals surface area contributed by atoms with Crippen LogP contribution in [0.2, 0.25) is 5.02 Å². The Morgan fingerprint density at radius 3 is 2.42 bits per heavy atom. The van der Waals surface area contributed by atoms with Gasteiger partial charge in [-0.3, -0.25) is 9.59 Å². The van der Waals surface area contributed by atoms with E-state index in [1.807, 2.05) is 18.2 Å². The van der Waals surface area contributed by atoms with Crippen LogP contribution in [-0.2, 0) is 15.0 Å². The van der Waals surface area contributed by atoms with E-state index in [0.717, 1.165) is 18.4 Å². The maximum atomic E-state index is 12.7. The second-order valence-electron chi connectivity index (χ2n) is 6.10. The first kappa shape index (κ1) is 16.5. The van der Waals surface area contributed by atoms with E-state index < -0.39 is 17.3 Å². The predicted octanol–water partition coefficient (Wildman–Crippen LogP) is 3.36. The fourth-order valence-electron chi connectivity index (χ4n) is 2.96. The third-order valence-corrected chi connectivity index (χ3v) is 4.76. The van der Waals surface area contributed by atoms with E-state index in [1.165, 1.54) is 0 Å². The molecule has 2 aromatic carbocycles. The van der Waals surface area contributed by atoms with Crippen LogP contribution in [0.15, 0.2) is 54.6 Å². The Morgan fingerprint density at radius 1 is 1.12 bits per heavy atom. The van der Waals surface area contributed by atoms with Crippen molar-refractivity contribution >= 4 is 23.5 Å². The second kappa shape index (κ2) is 6.65. The van der Waals surface area contributed by atoms with Gasteiger partial charge in [-0.15, -0.1) is 0 Å². The molecule has 0 radical (unpaired) electrons. The molecule has 0 aromatic heterocycles. The van der Waals surface area contributed by atoms with Crippen LogP contribution in [0.25, 0.3) is 0 Å². The highest BCUT2D eigenvalue weighted by atomic mass is 35.5. The number of rotatable bonds is 6. The molecule has 124 valence electrons. The maximum Gasteiger partial charge on any atom is 0.312 e. The Balaban J connectivity index is 1.72. The number of benzene rings is 2. The van der Waals surface area contributed by atoms with Crippen LogP contribution in [0.1, 0.15) is 29.9 Å². The summed E-state index contributed by atoms with van der Waals surface area (Å²) in [5, 5.41) is 12.9. The second-order valence-corrected chi connectivity index (χ2v) is 6.54. The minimum absolute atomic E-state index is 0.0699. The summed E-state index contributed by atoms with van der Waals surface area (Å²) in [5.74, 6) is -1.84. The Hall–Kier alpha value is -2.33. The van der Waals surface area contributed by atoms with E-state index in [2.05, 4.69) is 5.32 Å². The first-order valence-corrected chi connectivity index (χ1v) is 8.23. The molecule has 1 unspecified atom stereocenters. The van der Waals surface area contributed by atoms with Gasteiger partial charge in [0, 0.05) is 11.6 Å². The third kappa shape index (κ3) is 3.29. The molecule has 1 saturated carbocycles. The number of aliphatic carboxylic acids is 1. The van der Waals surface area contributed by atoms with Crippen molar-refractivity contribution in [3.63, 3.8) is 0 Å². The molecule has 1 aliphatic rings. The van der Waals surface area contributed by atoms with Gasteiger partial charge in [0.25, 0.3) is 0 Å². The van der Waals surface area contributed by atoms with E-state index in [-0.39, 0.29) is 12.5 Å². The van der Waals surface area contributed by atoms with Gasteiger partial charge in [0.05, 0.1) is 11.3 Å². The van der Waals surface area contributed by atoms with Gasteiger partial charge >= 0.3 is 5.97 Å². The zero-order valence-corrected chi connectivity index (χ0v) is 13.8. The van der Waals surface area contributed by atoms with Crippen molar-refractivity contribution in [3.05, 3.63) is 70.7 Å². The van der Waals surface area contributed by atoms with Crippen LogP contribution in [0.4, 0.5) is 0 Å². The van der Waals surface area contributed by atoms with Crippen LogP contribution < -0.4 is 5.32 Å². The summed E-state index contributed by atoms with van der Waals surface area (Å²) in [4.78, 5) is 24.2. The summed E-state index contributed by atoms with van der Waals surface area (Å²) in [6.07, 6.45) is 1.50. The summed E-state index contributed by atoms with van der Waals surface area (Å²) in [6, 6.07) is 16.2. The fraction of sp³-hybridized carbons (Fsp3) is 0.263. The van der Waals surface area contributed by atoms with Crippen molar-refractivity contribution < 1.29 is 14.7 Å². The number of carboxylic acid groups (broad SMARTS) is 1. The topological polar surface area (TPSA) is 66.4 Å². The normalized spacial score (nSPS) is 16.2. The summed E-state index contributed by atoms with van der Waals surface area (Å²) in [7, 11) is 0. The first-order chi connectivity index (χ1) is 11.5. The van der Waals surface area contributed by atoms with Crippen molar-refractivity contribution in [2.45, 2.75) is 24.2 Å². The molecule has 2 aromatic rings. The number of amides is 1. The minimum Gasteiger partial charge on any atom is -0.481 e. The molecule has 5 heteroatoms. The lowest BCUT2D eigenvalue weighted by Crippen LogP contribution is -2.38. The summed E-state index contributed by atoms with van der Waals surface area (Å²) < 4.78 is 0. The molecule has 0 spiro atoms. The van der Waals surface area contributed by atoms with E-state index in [1.54, 1.807) is 36.4 Å². The van der Waals surface area contributed by atoms with Crippen molar-refractivity contribution in [1.82, 2.24) is 5.32 Å². The number of nitrogens with one attached hydrogen (secondary N) is 1. The Morgan fingerprint density at radius 2 is 1.83 bits per heavy atom.